The highest BCUT2D eigenvalue weighted by Crippen LogP contribution is 2.31. The maximum absolute atomic E-state index is 13.6. The summed E-state index contributed by atoms with van der Waals surface area (Å²) in [5.41, 5.74) is 2.31. The van der Waals surface area contributed by atoms with E-state index in [2.05, 4.69) is 24.1 Å². The van der Waals surface area contributed by atoms with Crippen LogP contribution in [0.5, 0.6) is 0 Å². The van der Waals surface area contributed by atoms with E-state index >= 15 is 0 Å². The van der Waals surface area contributed by atoms with E-state index in [9.17, 15) is 4.39 Å². The van der Waals surface area contributed by atoms with Gasteiger partial charge in [-0.3, -0.25) is 0 Å². The molecule has 2 fully saturated rings. The number of halogens is 1. The molecule has 0 aromatic heterocycles. The van der Waals surface area contributed by atoms with Gasteiger partial charge in [-0.05, 0) is 36.6 Å². The summed E-state index contributed by atoms with van der Waals surface area (Å²) in [5.74, 6) is -0.131. The van der Waals surface area contributed by atoms with Gasteiger partial charge in [0.15, 0.2) is 0 Å². The van der Waals surface area contributed by atoms with Gasteiger partial charge in [0.2, 0.25) is 0 Å². The minimum absolute atomic E-state index is 0.131. The molecule has 2 nitrogen and oxygen atoms in total. The molecule has 1 saturated heterocycles. The maximum Gasteiger partial charge on any atom is 0.123 e. The quantitative estimate of drug-likeness (QED) is 0.916. The molecule has 0 spiro atoms. The molecular weight excluding hydrogens is 271 g/mol. The molecular formula is C16H23FN2S. The molecule has 1 heterocycles. The zero-order valence-electron chi connectivity index (χ0n) is 12.2. The summed E-state index contributed by atoms with van der Waals surface area (Å²) in [6.07, 6.45) is 2.53. The number of anilines is 1. The fourth-order valence-electron chi connectivity index (χ4n) is 2.92. The average Bonchev–Trinajstić information content (AvgIpc) is 3.19. The van der Waals surface area contributed by atoms with Gasteiger partial charge < -0.3 is 10.2 Å². The van der Waals surface area contributed by atoms with Crippen molar-refractivity contribution in [3.8, 4) is 0 Å². The Hall–Kier alpha value is -0.740. The van der Waals surface area contributed by atoms with Crippen LogP contribution in [-0.2, 0) is 6.54 Å². The number of hydrogen-bond donors (Lipinski definition) is 1. The summed E-state index contributed by atoms with van der Waals surface area (Å²) in [7, 11) is 0. The Morgan fingerprint density at radius 2 is 1.95 bits per heavy atom. The molecule has 20 heavy (non-hydrogen) atoms. The molecule has 110 valence electrons. The number of hydrogen-bond acceptors (Lipinski definition) is 3. The van der Waals surface area contributed by atoms with E-state index in [1.165, 1.54) is 18.5 Å². The lowest BCUT2D eigenvalue weighted by Crippen LogP contribution is -2.41. The summed E-state index contributed by atoms with van der Waals surface area (Å²) in [4.78, 5) is 2.43. The van der Waals surface area contributed by atoms with Crippen LogP contribution < -0.4 is 10.2 Å². The molecule has 0 radical (unpaired) electrons. The molecule has 1 aromatic rings. The van der Waals surface area contributed by atoms with Crippen LogP contribution in [0.15, 0.2) is 18.2 Å². The van der Waals surface area contributed by atoms with E-state index in [-0.39, 0.29) is 5.82 Å². The van der Waals surface area contributed by atoms with Gasteiger partial charge in [-0.1, -0.05) is 13.8 Å². The third kappa shape index (κ3) is 3.47. The van der Waals surface area contributed by atoms with Crippen molar-refractivity contribution in [1.29, 1.82) is 0 Å². The van der Waals surface area contributed by atoms with Crippen molar-refractivity contribution in [3.63, 3.8) is 0 Å². The lowest BCUT2D eigenvalue weighted by Gasteiger charge is -2.37. The van der Waals surface area contributed by atoms with Crippen molar-refractivity contribution in [2.45, 2.75) is 49.8 Å². The molecule has 0 bridgehead atoms. The van der Waals surface area contributed by atoms with E-state index < -0.39 is 0 Å². The standard InChI is InChI=1S/C16H23FN2S/c1-11-9-19(10-12(2)20-11)16-6-3-14(17)7-13(16)8-18-15-4-5-15/h3,6-7,11-12,15,18H,4-5,8-10H2,1-2H3. The van der Waals surface area contributed by atoms with E-state index in [0.717, 1.165) is 25.2 Å². The molecule has 2 aliphatic rings. The van der Waals surface area contributed by atoms with Gasteiger partial charge in [-0.25, -0.2) is 4.39 Å². The zero-order chi connectivity index (χ0) is 14.1. The molecule has 1 N–H and O–H groups in total. The highest BCUT2D eigenvalue weighted by molar-refractivity contribution is 8.00. The molecule has 1 aromatic carbocycles. The maximum atomic E-state index is 13.6. The minimum atomic E-state index is -0.131. The van der Waals surface area contributed by atoms with Crippen LogP contribution in [-0.4, -0.2) is 29.6 Å². The summed E-state index contributed by atoms with van der Waals surface area (Å²) in [5, 5.41) is 4.77. The molecule has 4 heteroatoms. The smallest absolute Gasteiger partial charge is 0.123 e. The minimum Gasteiger partial charge on any atom is -0.369 e. The largest absolute Gasteiger partial charge is 0.369 e. The second kappa shape index (κ2) is 5.94. The van der Waals surface area contributed by atoms with Gasteiger partial charge in [0.05, 0.1) is 0 Å². The van der Waals surface area contributed by atoms with E-state index in [4.69, 9.17) is 0 Å². The monoisotopic (exact) mass is 294 g/mol. The second-order valence-electron chi connectivity index (χ2n) is 6.09. The van der Waals surface area contributed by atoms with Gasteiger partial charge in [-0.15, -0.1) is 0 Å². The average molecular weight is 294 g/mol. The van der Waals surface area contributed by atoms with Gasteiger partial charge >= 0.3 is 0 Å². The Labute approximate surface area is 125 Å². The fraction of sp³-hybridized carbons (Fsp3) is 0.625. The first-order chi connectivity index (χ1) is 9.61. The van der Waals surface area contributed by atoms with Crippen LogP contribution in [0.3, 0.4) is 0 Å². The highest BCUT2D eigenvalue weighted by atomic mass is 32.2. The molecule has 2 atom stereocenters. The first kappa shape index (κ1) is 14.2. The molecule has 1 aliphatic carbocycles. The van der Waals surface area contributed by atoms with Crippen LogP contribution in [0, 0.1) is 5.82 Å². The van der Waals surface area contributed by atoms with Gasteiger partial charge in [-0.2, -0.15) is 11.8 Å². The number of nitrogens with zero attached hydrogens (tertiary/aromatic N) is 1. The zero-order valence-corrected chi connectivity index (χ0v) is 13.0. The number of thioether (sulfide) groups is 1. The van der Waals surface area contributed by atoms with Crippen LogP contribution in [0.25, 0.3) is 0 Å². The summed E-state index contributed by atoms with van der Waals surface area (Å²) < 4.78 is 13.6. The summed E-state index contributed by atoms with van der Waals surface area (Å²) in [6, 6.07) is 5.89. The normalized spacial score (nSPS) is 26.9. The van der Waals surface area contributed by atoms with Crippen molar-refractivity contribution in [3.05, 3.63) is 29.6 Å². The predicted molar refractivity (Wildman–Crippen MR) is 85.0 cm³/mol. The second-order valence-corrected chi connectivity index (χ2v) is 7.97. The van der Waals surface area contributed by atoms with Gasteiger partial charge in [0, 0.05) is 41.9 Å². The highest BCUT2D eigenvalue weighted by Gasteiger charge is 2.25. The van der Waals surface area contributed by atoms with Crippen LogP contribution in [0.4, 0.5) is 10.1 Å². The van der Waals surface area contributed by atoms with Crippen molar-refractivity contribution < 1.29 is 4.39 Å². The molecule has 2 unspecified atom stereocenters. The van der Waals surface area contributed by atoms with Crippen LogP contribution in [0.1, 0.15) is 32.3 Å². The third-order valence-electron chi connectivity index (χ3n) is 3.96. The first-order valence-corrected chi connectivity index (χ1v) is 8.48. The summed E-state index contributed by atoms with van der Waals surface area (Å²) >= 11 is 2.05. The molecule has 1 saturated carbocycles. The topological polar surface area (TPSA) is 15.3 Å². The molecule has 0 amide bonds. The predicted octanol–water partition coefficient (Wildman–Crippen LogP) is 3.41. The Morgan fingerprint density at radius 3 is 2.60 bits per heavy atom. The van der Waals surface area contributed by atoms with Crippen LogP contribution >= 0.6 is 11.8 Å². The number of nitrogens with one attached hydrogen (secondary N) is 1. The Bertz CT molecular complexity index is 466. The van der Waals surface area contributed by atoms with Crippen LogP contribution in [0.2, 0.25) is 0 Å². The molecule has 1 aliphatic heterocycles. The lowest BCUT2D eigenvalue weighted by atomic mass is 10.1. The fourth-order valence-corrected chi connectivity index (χ4v) is 4.25. The first-order valence-electron chi connectivity index (χ1n) is 7.54. The van der Waals surface area contributed by atoms with Crippen molar-refractivity contribution >= 4 is 17.4 Å². The lowest BCUT2D eigenvalue weighted by molar-refractivity contribution is 0.617. The molecule has 3 rings (SSSR count). The van der Waals surface area contributed by atoms with E-state index in [1.807, 2.05) is 17.8 Å². The van der Waals surface area contributed by atoms with Gasteiger partial charge in [0.25, 0.3) is 0 Å². The van der Waals surface area contributed by atoms with Crippen molar-refractivity contribution in [2.75, 3.05) is 18.0 Å². The Balaban J connectivity index is 1.79. The summed E-state index contributed by atoms with van der Waals surface area (Å²) in [6.45, 7) is 7.44. The van der Waals surface area contributed by atoms with Crippen molar-refractivity contribution in [2.24, 2.45) is 0 Å². The van der Waals surface area contributed by atoms with Crippen molar-refractivity contribution in [1.82, 2.24) is 5.32 Å². The number of benzene rings is 1. The Kier molecular flexibility index (Phi) is 4.22. The SMILES string of the molecule is CC1CN(c2ccc(F)cc2CNC2CC2)CC(C)S1. The van der Waals surface area contributed by atoms with E-state index in [0.29, 0.717) is 16.5 Å². The third-order valence-corrected chi connectivity index (χ3v) is 5.19. The Morgan fingerprint density at radius 1 is 1.25 bits per heavy atom. The van der Waals surface area contributed by atoms with E-state index in [1.54, 1.807) is 12.1 Å². The number of rotatable bonds is 4. The van der Waals surface area contributed by atoms with Gasteiger partial charge in [0.1, 0.15) is 5.82 Å².